The number of urea groups is 1. The third kappa shape index (κ3) is 5.77. The van der Waals surface area contributed by atoms with Crippen LogP contribution in [-0.2, 0) is 9.53 Å². The first-order valence-electron chi connectivity index (χ1n) is 7.06. The molecule has 20 heavy (non-hydrogen) atoms. The summed E-state index contributed by atoms with van der Waals surface area (Å²) in [4.78, 5) is 24.3. The highest BCUT2D eigenvalue weighted by atomic mass is 16.5. The number of unbranched alkanes of at least 4 members (excludes halogenated alkanes) is 1. The van der Waals surface area contributed by atoms with Gasteiger partial charge >= 0.3 is 12.0 Å². The van der Waals surface area contributed by atoms with Gasteiger partial charge in [0, 0.05) is 13.0 Å². The monoisotopic (exact) mass is 286 g/mol. The quantitative estimate of drug-likeness (QED) is 0.756. The lowest BCUT2D eigenvalue weighted by Crippen LogP contribution is -2.60. The summed E-state index contributed by atoms with van der Waals surface area (Å²) in [5.74, 6) is -0.798. The lowest BCUT2D eigenvalue weighted by molar-refractivity contribution is -0.170. The molecule has 2 amide bonds. The fraction of sp³-hybridized carbons (Fsp3) is 0.857. The highest BCUT2D eigenvalue weighted by Crippen LogP contribution is 2.27. The highest BCUT2D eigenvalue weighted by molar-refractivity contribution is 5.74. The molecule has 2 N–H and O–H groups in total. The largest absolute Gasteiger partial charge is 0.481 e. The molecule has 6 nitrogen and oxygen atoms in total. The predicted molar refractivity (Wildman–Crippen MR) is 75.7 cm³/mol. The van der Waals surface area contributed by atoms with Gasteiger partial charge in [-0.05, 0) is 40.5 Å². The maximum atomic E-state index is 12.1. The van der Waals surface area contributed by atoms with Crippen molar-refractivity contribution < 1.29 is 19.4 Å². The summed E-state index contributed by atoms with van der Waals surface area (Å²) in [6.07, 6.45) is 1.40. The van der Waals surface area contributed by atoms with Gasteiger partial charge in [0.15, 0.2) is 0 Å². The SMILES string of the molecule is CC1(C)CN(C(=O)NCCCCC(=O)O)CC(C)(C)O1. The molecule has 0 aromatic heterocycles. The van der Waals surface area contributed by atoms with Crippen molar-refractivity contribution in [2.75, 3.05) is 19.6 Å². The number of carboxylic acids is 1. The number of carbonyl (C=O) groups excluding carboxylic acids is 1. The number of ether oxygens (including phenoxy) is 1. The molecule has 1 rings (SSSR count). The molecular weight excluding hydrogens is 260 g/mol. The number of carbonyl (C=O) groups is 2. The number of morpholine rings is 1. The zero-order chi connectivity index (χ0) is 15.4. The fourth-order valence-electron chi connectivity index (χ4n) is 2.64. The summed E-state index contributed by atoms with van der Waals surface area (Å²) in [7, 11) is 0. The minimum Gasteiger partial charge on any atom is -0.481 e. The van der Waals surface area contributed by atoms with E-state index in [1.165, 1.54) is 0 Å². The molecule has 1 saturated heterocycles. The van der Waals surface area contributed by atoms with Crippen molar-refractivity contribution in [2.24, 2.45) is 0 Å². The van der Waals surface area contributed by atoms with Crippen LogP contribution in [0.15, 0.2) is 0 Å². The second kappa shape index (κ2) is 6.43. The number of rotatable bonds is 5. The first-order chi connectivity index (χ1) is 9.11. The molecule has 1 fully saturated rings. The molecule has 1 aliphatic heterocycles. The summed E-state index contributed by atoms with van der Waals surface area (Å²) < 4.78 is 5.92. The minimum atomic E-state index is -0.798. The van der Waals surface area contributed by atoms with Crippen molar-refractivity contribution in [3.63, 3.8) is 0 Å². The molecule has 0 unspecified atom stereocenters. The van der Waals surface area contributed by atoms with Crippen molar-refractivity contribution in [2.45, 2.75) is 58.2 Å². The number of carboxylic acid groups (broad SMARTS) is 1. The molecule has 0 aliphatic carbocycles. The number of nitrogens with one attached hydrogen (secondary N) is 1. The summed E-state index contributed by atoms with van der Waals surface area (Å²) in [5.41, 5.74) is -0.717. The van der Waals surface area contributed by atoms with Crippen LogP contribution in [0.25, 0.3) is 0 Å². The number of aliphatic carboxylic acids is 1. The molecule has 0 spiro atoms. The third-order valence-corrected chi connectivity index (χ3v) is 3.08. The summed E-state index contributed by atoms with van der Waals surface area (Å²) in [6.45, 7) is 9.50. The number of amides is 2. The Labute approximate surface area is 120 Å². The summed E-state index contributed by atoms with van der Waals surface area (Å²) >= 11 is 0. The van der Waals surface area contributed by atoms with Crippen LogP contribution in [0.5, 0.6) is 0 Å². The van der Waals surface area contributed by atoms with Gasteiger partial charge in [0.2, 0.25) is 0 Å². The molecule has 0 aromatic rings. The summed E-state index contributed by atoms with van der Waals surface area (Å²) in [6, 6.07) is -0.107. The van der Waals surface area contributed by atoms with E-state index in [2.05, 4.69) is 5.32 Å². The Balaban J connectivity index is 2.37. The molecule has 0 saturated carbocycles. The van der Waals surface area contributed by atoms with Crippen molar-refractivity contribution >= 4 is 12.0 Å². The third-order valence-electron chi connectivity index (χ3n) is 3.08. The van der Waals surface area contributed by atoms with E-state index in [0.717, 1.165) is 0 Å². The molecule has 116 valence electrons. The Morgan fingerprint density at radius 3 is 2.20 bits per heavy atom. The lowest BCUT2D eigenvalue weighted by Gasteiger charge is -2.47. The fourth-order valence-corrected chi connectivity index (χ4v) is 2.64. The van der Waals surface area contributed by atoms with Crippen LogP contribution < -0.4 is 5.32 Å². The van der Waals surface area contributed by atoms with Gasteiger partial charge in [-0.1, -0.05) is 0 Å². The summed E-state index contributed by atoms with van der Waals surface area (Å²) in [5, 5.41) is 11.4. The maximum Gasteiger partial charge on any atom is 0.317 e. The second-order valence-electron chi connectivity index (χ2n) is 6.56. The zero-order valence-corrected chi connectivity index (χ0v) is 12.9. The van der Waals surface area contributed by atoms with Crippen LogP contribution >= 0.6 is 0 Å². The Kier molecular flexibility index (Phi) is 5.39. The Morgan fingerprint density at radius 1 is 1.15 bits per heavy atom. The molecule has 0 atom stereocenters. The van der Waals surface area contributed by atoms with Gasteiger partial charge in [-0.15, -0.1) is 0 Å². The Hall–Kier alpha value is -1.30. The van der Waals surface area contributed by atoms with Gasteiger partial charge in [-0.2, -0.15) is 0 Å². The molecule has 0 radical (unpaired) electrons. The van der Waals surface area contributed by atoms with Crippen molar-refractivity contribution in [3.05, 3.63) is 0 Å². The van der Waals surface area contributed by atoms with E-state index in [9.17, 15) is 9.59 Å². The molecular formula is C14H26N2O4. The minimum absolute atomic E-state index is 0.107. The van der Waals surface area contributed by atoms with E-state index in [0.29, 0.717) is 32.5 Å². The molecule has 6 heteroatoms. The molecule has 0 aromatic carbocycles. The zero-order valence-electron chi connectivity index (χ0n) is 12.9. The van der Waals surface area contributed by atoms with E-state index in [-0.39, 0.29) is 23.7 Å². The molecule has 1 aliphatic rings. The average molecular weight is 286 g/mol. The first kappa shape index (κ1) is 16.8. The van der Waals surface area contributed by atoms with Crippen LogP contribution in [0.2, 0.25) is 0 Å². The standard InChI is InChI=1S/C14H26N2O4/c1-13(2)9-16(10-14(3,4)20-13)12(19)15-8-6-5-7-11(17)18/h5-10H2,1-4H3,(H,15,19)(H,17,18). The van der Waals surface area contributed by atoms with Crippen LogP contribution in [0.3, 0.4) is 0 Å². The number of hydrogen-bond donors (Lipinski definition) is 2. The number of hydrogen-bond acceptors (Lipinski definition) is 3. The van der Waals surface area contributed by atoms with Crippen LogP contribution in [0, 0.1) is 0 Å². The lowest BCUT2D eigenvalue weighted by atomic mass is 9.99. The van der Waals surface area contributed by atoms with E-state index in [1.807, 2.05) is 27.7 Å². The van der Waals surface area contributed by atoms with Gasteiger partial charge in [-0.3, -0.25) is 4.79 Å². The first-order valence-corrected chi connectivity index (χ1v) is 7.06. The molecule has 0 bridgehead atoms. The average Bonchev–Trinajstić information content (AvgIpc) is 2.23. The Morgan fingerprint density at radius 2 is 1.70 bits per heavy atom. The smallest absolute Gasteiger partial charge is 0.317 e. The van der Waals surface area contributed by atoms with E-state index >= 15 is 0 Å². The number of nitrogens with zero attached hydrogens (tertiary/aromatic N) is 1. The normalized spacial score (nSPS) is 20.5. The van der Waals surface area contributed by atoms with Crippen molar-refractivity contribution in [3.8, 4) is 0 Å². The van der Waals surface area contributed by atoms with Gasteiger partial charge < -0.3 is 20.1 Å². The van der Waals surface area contributed by atoms with E-state index < -0.39 is 5.97 Å². The van der Waals surface area contributed by atoms with Crippen LogP contribution in [0.1, 0.15) is 47.0 Å². The van der Waals surface area contributed by atoms with E-state index in [4.69, 9.17) is 9.84 Å². The van der Waals surface area contributed by atoms with Gasteiger partial charge in [0.25, 0.3) is 0 Å². The predicted octanol–water partition coefficient (Wildman–Crippen LogP) is 1.84. The highest BCUT2D eigenvalue weighted by Gasteiger charge is 2.39. The van der Waals surface area contributed by atoms with E-state index in [1.54, 1.807) is 4.90 Å². The van der Waals surface area contributed by atoms with Gasteiger partial charge in [0.1, 0.15) is 0 Å². The Bertz CT molecular complexity index is 350. The van der Waals surface area contributed by atoms with Gasteiger partial charge in [-0.25, -0.2) is 4.79 Å². The maximum absolute atomic E-state index is 12.1. The van der Waals surface area contributed by atoms with Crippen LogP contribution in [-0.4, -0.2) is 52.8 Å². The second-order valence-corrected chi connectivity index (χ2v) is 6.56. The van der Waals surface area contributed by atoms with Gasteiger partial charge in [0.05, 0.1) is 24.3 Å². The topological polar surface area (TPSA) is 78.9 Å². The molecule has 1 heterocycles. The van der Waals surface area contributed by atoms with Crippen LogP contribution in [0.4, 0.5) is 4.79 Å². The van der Waals surface area contributed by atoms with Crippen molar-refractivity contribution in [1.29, 1.82) is 0 Å². The van der Waals surface area contributed by atoms with Crippen molar-refractivity contribution in [1.82, 2.24) is 10.2 Å².